The molecule has 0 unspecified atom stereocenters. The van der Waals surface area contributed by atoms with Crippen molar-refractivity contribution >= 4 is 11.9 Å². The van der Waals surface area contributed by atoms with Gasteiger partial charge in [0.1, 0.15) is 0 Å². The molecular weight excluding hydrogens is 328 g/mol. The average Bonchev–Trinajstić information content (AvgIpc) is 2.61. The van der Waals surface area contributed by atoms with Crippen LogP contribution in [0.1, 0.15) is 47.4 Å². The van der Waals surface area contributed by atoms with Gasteiger partial charge in [-0.15, -0.1) is 0 Å². The highest BCUT2D eigenvalue weighted by Gasteiger charge is 2.13. The van der Waals surface area contributed by atoms with Gasteiger partial charge in [0, 0.05) is 13.2 Å². The summed E-state index contributed by atoms with van der Waals surface area (Å²) in [4.78, 5) is 20.9. The minimum absolute atomic E-state index is 0.190. The zero-order valence-electron chi connectivity index (χ0n) is 14.9. The van der Waals surface area contributed by atoms with E-state index in [1.165, 1.54) is 30.7 Å². The predicted octanol–water partition coefficient (Wildman–Crippen LogP) is 2.94. The largest absolute Gasteiger partial charge is 0.478 e. The molecule has 0 atom stereocenters. The molecule has 0 amide bonds. The topological polar surface area (TPSA) is 102 Å². The SMILES string of the molecule is CCCCOCCOCCOCC.O=C(O)c1ccccc1C(=O)O. The third-order valence-corrected chi connectivity index (χ3v) is 2.98. The van der Waals surface area contributed by atoms with Crippen LogP contribution >= 0.6 is 0 Å². The number of hydrogen-bond acceptors (Lipinski definition) is 5. The van der Waals surface area contributed by atoms with Gasteiger partial charge in [-0.3, -0.25) is 0 Å². The summed E-state index contributed by atoms with van der Waals surface area (Å²) in [6, 6.07) is 5.48. The first-order valence-electron chi connectivity index (χ1n) is 8.33. The molecule has 7 heteroatoms. The third kappa shape index (κ3) is 12.1. The minimum Gasteiger partial charge on any atom is -0.478 e. The van der Waals surface area contributed by atoms with Crippen LogP contribution in [0.4, 0.5) is 0 Å². The van der Waals surface area contributed by atoms with E-state index in [1.54, 1.807) is 0 Å². The van der Waals surface area contributed by atoms with E-state index in [1.807, 2.05) is 6.92 Å². The molecule has 7 nitrogen and oxygen atoms in total. The molecule has 0 aliphatic rings. The second-order valence-electron chi connectivity index (χ2n) is 4.93. The van der Waals surface area contributed by atoms with E-state index in [0.29, 0.717) is 26.4 Å². The van der Waals surface area contributed by atoms with Crippen LogP contribution in [0.25, 0.3) is 0 Å². The smallest absolute Gasteiger partial charge is 0.336 e. The molecule has 2 N–H and O–H groups in total. The monoisotopic (exact) mass is 356 g/mol. The lowest BCUT2D eigenvalue weighted by Crippen LogP contribution is -2.09. The molecular formula is C18H28O7. The Balaban J connectivity index is 0.000000462. The van der Waals surface area contributed by atoms with Gasteiger partial charge < -0.3 is 24.4 Å². The first-order valence-corrected chi connectivity index (χ1v) is 8.33. The molecule has 1 aromatic carbocycles. The number of benzene rings is 1. The van der Waals surface area contributed by atoms with Gasteiger partial charge in [-0.1, -0.05) is 25.5 Å². The maximum atomic E-state index is 10.5. The number of rotatable bonds is 12. The minimum atomic E-state index is -1.23. The Hall–Kier alpha value is -1.96. The lowest BCUT2D eigenvalue weighted by Gasteiger charge is -2.05. The summed E-state index contributed by atoms with van der Waals surface area (Å²) in [6.45, 7) is 8.48. The van der Waals surface area contributed by atoms with Crippen LogP contribution in [0, 0.1) is 0 Å². The molecule has 0 heterocycles. The molecule has 142 valence electrons. The van der Waals surface area contributed by atoms with Crippen molar-refractivity contribution in [1.82, 2.24) is 0 Å². The first-order chi connectivity index (χ1) is 12.0. The van der Waals surface area contributed by atoms with Crippen LogP contribution in [0.5, 0.6) is 0 Å². The fourth-order valence-corrected chi connectivity index (χ4v) is 1.69. The van der Waals surface area contributed by atoms with Gasteiger partial charge >= 0.3 is 11.9 Å². The molecule has 0 aromatic heterocycles. The lowest BCUT2D eigenvalue weighted by molar-refractivity contribution is 0.0164. The van der Waals surface area contributed by atoms with Crippen molar-refractivity contribution in [2.24, 2.45) is 0 Å². The Morgan fingerprint density at radius 1 is 0.800 bits per heavy atom. The van der Waals surface area contributed by atoms with Crippen molar-refractivity contribution in [3.8, 4) is 0 Å². The van der Waals surface area contributed by atoms with Crippen LogP contribution in [0.15, 0.2) is 24.3 Å². The normalized spacial score (nSPS) is 10.0. The Labute approximate surface area is 148 Å². The van der Waals surface area contributed by atoms with Gasteiger partial charge in [-0.2, -0.15) is 0 Å². The Bertz CT molecular complexity index is 445. The summed E-state index contributed by atoms with van der Waals surface area (Å²) in [7, 11) is 0. The molecule has 0 spiro atoms. The summed E-state index contributed by atoms with van der Waals surface area (Å²) in [5, 5.41) is 17.1. The van der Waals surface area contributed by atoms with Crippen LogP contribution in [-0.2, 0) is 14.2 Å². The average molecular weight is 356 g/mol. The number of aromatic carboxylic acids is 2. The number of ether oxygens (including phenoxy) is 3. The van der Waals surface area contributed by atoms with E-state index >= 15 is 0 Å². The summed E-state index contributed by atoms with van der Waals surface area (Å²) in [5.41, 5.74) is -0.380. The van der Waals surface area contributed by atoms with E-state index in [0.717, 1.165) is 19.6 Å². The highest BCUT2D eigenvalue weighted by Crippen LogP contribution is 2.07. The maximum Gasteiger partial charge on any atom is 0.336 e. The molecule has 0 saturated carbocycles. The van der Waals surface area contributed by atoms with Gasteiger partial charge in [-0.05, 0) is 25.5 Å². The van der Waals surface area contributed by atoms with Gasteiger partial charge in [0.25, 0.3) is 0 Å². The quantitative estimate of drug-likeness (QED) is 0.555. The fourth-order valence-electron chi connectivity index (χ4n) is 1.69. The predicted molar refractivity (Wildman–Crippen MR) is 93.4 cm³/mol. The Kier molecular flexibility index (Phi) is 14.3. The van der Waals surface area contributed by atoms with Crippen molar-refractivity contribution in [3.63, 3.8) is 0 Å². The number of hydrogen-bond donors (Lipinski definition) is 2. The van der Waals surface area contributed by atoms with E-state index in [-0.39, 0.29) is 11.1 Å². The van der Waals surface area contributed by atoms with Gasteiger partial charge in [-0.25, -0.2) is 9.59 Å². The van der Waals surface area contributed by atoms with Crippen molar-refractivity contribution in [1.29, 1.82) is 0 Å². The van der Waals surface area contributed by atoms with E-state index in [4.69, 9.17) is 24.4 Å². The second kappa shape index (κ2) is 15.6. The molecule has 0 saturated heterocycles. The molecule has 1 rings (SSSR count). The summed E-state index contributed by atoms with van der Waals surface area (Å²) >= 11 is 0. The molecule has 0 bridgehead atoms. The fraction of sp³-hybridized carbons (Fsp3) is 0.556. The standard InChI is InChI=1S/C10H22O3.C8H6O4/c1-3-5-6-12-9-10-13-8-7-11-4-2;9-7(10)5-3-1-2-4-6(5)8(11)12/h3-10H2,1-2H3;1-4H,(H,9,10)(H,11,12). The molecule has 25 heavy (non-hydrogen) atoms. The van der Waals surface area contributed by atoms with Crippen LogP contribution in [0.2, 0.25) is 0 Å². The van der Waals surface area contributed by atoms with Crippen molar-refractivity contribution in [3.05, 3.63) is 35.4 Å². The zero-order valence-corrected chi connectivity index (χ0v) is 14.9. The lowest BCUT2D eigenvalue weighted by atomic mass is 10.1. The van der Waals surface area contributed by atoms with Crippen molar-refractivity contribution in [2.45, 2.75) is 26.7 Å². The summed E-state index contributed by atoms with van der Waals surface area (Å²) in [5.74, 6) is -2.46. The van der Waals surface area contributed by atoms with Crippen LogP contribution < -0.4 is 0 Å². The van der Waals surface area contributed by atoms with Crippen LogP contribution in [-0.4, -0.2) is 61.8 Å². The Morgan fingerprint density at radius 3 is 1.64 bits per heavy atom. The zero-order chi connectivity index (χ0) is 18.9. The number of carboxylic acid groups (broad SMARTS) is 2. The van der Waals surface area contributed by atoms with E-state index < -0.39 is 11.9 Å². The van der Waals surface area contributed by atoms with Gasteiger partial charge in [0.05, 0.1) is 37.6 Å². The van der Waals surface area contributed by atoms with E-state index in [2.05, 4.69) is 6.92 Å². The summed E-state index contributed by atoms with van der Waals surface area (Å²) in [6.07, 6.45) is 2.32. The maximum absolute atomic E-state index is 10.5. The molecule has 0 aliphatic heterocycles. The van der Waals surface area contributed by atoms with Crippen LogP contribution in [0.3, 0.4) is 0 Å². The highest BCUT2D eigenvalue weighted by atomic mass is 16.5. The third-order valence-electron chi connectivity index (χ3n) is 2.98. The van der Waals surface area contributed by atoms with Gasteiger partial charge in [0.15, 0.2) is 0 Å². The Morgan fingerprint density at radius 2 is 1.24 bits per heavy atom. The van der Waals surface area contributed by atoms with Crippen molar-refractivity contribution < 1.29 is 34.0 Å². The second-order valence-corrected chi connectivity index (χ2v) is 4.93. The molecule has 0 radical (unpaired) electrons. The number of carboxylic acids is 2. The highest BCUT2D eigenvalue weighted by molar-refractivity contribution is 6.01. The van der Waals surface area contributed by atoms with Gasteiger partial charge in [0.2, 0.25) is 0 Å². The number of carbonyl (C=O) groups is 2. The van der Waals surface area contributed by atoms with E-state index in [9.17, 15) is 9.59 Å². The molecule has 0 aliphatic carbocycles. The molecule has 1 aromatic rings. The molecule has 0 fully saturated rings. The summed E-state index contributed by atoms with van der Waals surface area (Å²) < 4.78 is 15.7. The first kappa shape index (κ1) is 23.0. The number of unbranched alkanes of at least 4 members (excludes halogenated alkanes) is 1. The van der Waals surface area contributed by atoms with Crippen molar-refractivity contribution in [2.75, 3.05) is 39.6 Å².